The van der Waals surface area contributed by atoms with Crippen LogP contribution in [0.15, 0.2) is 200 Å². The van der Waals surface area contributed by atoms with E-state index in [2.05, 4.69) is 205 Å². The molecule has 0 saturated heterocycles. The first-order chi connectivity index (χ1) is 21.8. The third-order valence-electron chi connectivity index (χ3n) is 8.43. The van der Waals surface area contributed by atoms with Gasteiger partial charge in [0.2, 0.25) is 0 Å². The number of hydrogen-bond acceptors (Lipinski definition) is 1. The van der Waals surface area contributed by atoms with Crippen LogP contribution in [0.5, 0.6) is 0 Å². The average molecular weight is 580 g/mol. The van der Waals surface area contributed by atoms with Crippen LogP contribution in [0.3, 0.4) is 0 Å². The van der Waals surface area contributed by atoms with Crippen LogP contribution in [0.4, 0.5) is 17.1 Å². The molecule has 0 aromatic heterocycles. The summed E-state index contributed by atoms with van der Waals surface area (Å²) in [6, 6.07) is 72.6. The molecule has 7 aromatic rings. The molecule has 0 unspecified atom stereocenters. The highest BCUT2D eigenvalue weighted by atomic mass is 28.3. The summed E-state index contributed by atoms with van der Waals surface area (Å²) in [6.45, 7) is 0. The number of anilines is 3. The molecule has 0 heterocycles. The van der Waals surface area contributed by atoms with Crippen LogP contribution in [0.2, 0.25) is 0 Å². The van der Waals surface area contributed by atoms with Gasteiger partial charge in [0.1, 0.15) is 0 Å². The standard InChI is InChI=1S/C42H33NSi/c1-6-16-36(17-7-1)43(37-18-8-2-9-19-37)38-30-26-34(27-31-38)35-28-32-42(33-29-35)44(39-20-10-3-11-21-39,40-22-12-4-13-23-40)41-24-14-5-15-25-41/h1-33H. The molecule has 2 heteroatoms. The van der Waals surface area contributed by atoms with Crippen LogP contribution in [0.25, 0.3) is 11.1 Å². The van der Waals surface area contributed by atoms with E-state index in [-0.39, 0.29) is 0 Å². The SMILES string of the molecule is c1ccc(N(c2ccccc2)c2ccc(-c3ccc([Si](c4ccccc4)(c4ccccc4)c4ccccc4)cc3)cc2)cc1. The van der Waals surface area contributed by atoms with Crippen LogP contribution in [-0.2, 0) is 0 Å². The number of rotatable bonds is 8. The molecule has 44 heavy (non-hydrogen) atoms. The Hall–Kier alpha value is -5.44. The zero-order valence-corrected chi connectivity index (χ0v) is 25.5. The van der Waals surface area contributed by atoms with Gasteiger partial charge in [0.05, 0.1) is 0 Å². The largest absolute Gasteiger partial charge is 0.311 e. The Morgan fingerprint density at radius 2 is 0.523 bits per heavy atom. The fourth-order valence-electron chi connectivity index (χ4n) is 6.38. The highest BCUT2D eigenvalue weighted by Gasteiger charge is 2.41. The number of nitrogens with zero attached hydrogens (tertiary/aromatic N) is 1. The van der Waals surface area contributed by atoms with E-state index >= 15 is 0 Å². The van der Waals surface area contributed by atoms with Gasteiger partial charge in [-0.25, -0.2) is 0 Å². The Bertz CT molecular complexity index is 1770. The average Bonchev–Trinajstić information content (AvgIpc) is 3.12. The van der Waals surface area contributed by atoms with Gasteiger partial charge >= 0.3 is 0 Å². The Labute approximate surface area is 261 Å². The molecule has 0 bridgehead atoms. The summed E-state index contributed by atoms with van der Waals surface area (Å²) in [7, 11) is -2.53. The second-order valence-electron chi connectivity index (χ2n) is 11.0. The van der Waals surface area contributed by atoms with Crippen LogP contribution in [0.1, 0.15) is 0 Å². The van der Waals surface area contributed by atoms with Crippen molar-refractivity contribution in [1.82, 2.24) is 0 Å². The van der Waals surface area contributed by atoms with Crippen molar-refractivity contribution in [2.45, 2.75) is 0 Å². The summed E-state index contributed by atoms with van der Waals surface area (Å²) in [5, 5.41) is 5.53. The first-order valence-electron chi connectivity index (χ1n) is 15.1. The van der Waals surface area contributed by atoms with E-state index < -0.39 is 8.07 Å². The Balaban J connectivity index is 1.30. The van der Waals surface area contributed by atoms with Crippen molar-refractivity contribution in [2.75, 3.05) is 4.90 Å². The lowest BCUT2D eigenvalue weighted by atomic mass is 10.0. The van der Waals surface area contributed by atoms with E-state index in [0.717, 1.165) is 17.1 Å². The zero-order valence-electron chi connectivity index (χ0n) is 24.5. The Morgan fingerprint density at radius 1 is 0.250 bits per heavy atom. The fraction of sp³-hybridized carbons (Fsp3) is 0. The molecule has 0 saturated carbocycles. The summed E-state index contributed by atoms with van der Waals surface area (Å²) < 4.78 is 0. The second-order valence-corrected chi connectivity index (χ2v) is 14.8. The molecule has 0 aliphatic rings. The van der Waals surface area contributed by atoms with Crippen molar-refractivity contribution in [3.05, 3.63) is 200 Å². The maximum atomic E-state index is 2.36. The molecule has 7 aromatic carbocycles. The third kappa shape index (κ3) is 5.17. The summed E-state index contributed by atoms with van der Waals surface area (Å²) in [4.78, 5) is 2.30. The first-order valence-corrected chi connectivity index (χ1v) is 17.1. The lowest BCUT2D eigenvalue weighted by molar-refractivity contribution is 1.28. The van der Waals surface area contributed by atoms with Crippen molar-refractivity contribution in [1.29, 1.82) is 0 Å². The predicted octanol–water partition coefficient (Wildman–Crippen LogP) is 8.20. The molecule has 210 valence electrons. The van der Waals surface area contributed by atoms with Gasteiger partial charge in [-0.05, 0) is 68.3 Å². The van der Waals surface area contributed by atoms with E-state index in [9.17, 15) is 0 Å². The van der Waals surface area contributed by atoms with E-state index in [1.807, 2.05) is 0 Å². The van der Waals surface area contributed by atoms with Crippen LogP contribution >= 0.6 is 0 Å². The van der Waals surface area contributed by atoms with Crippen molar-refractivity contribution >= 4 is 45.9 Å². The van der Waals surface area contributed by atoms with E-state index in [0.29, 0.717) is 0 Å². The van der Waals surface area contributed by atoms with Gasteiger partial charge in [-0.2, -0.15) is 0 Å². The molecule has 1 nitrogen and oxygen atoms in total. The van der Waals surface area contributed by atoms with Crippen LogP contribution in [0, 0.1) is 0 Å². The molecular formula is C42H33NSi. The summed E-state index contributed by atoms with van der Waals surface area (Å²) >= 11 is 0. The summed E-state index contributed by atoms with van der Waals surface area (Å²) in [5.41, 5.74) is 5.82. The van der Waals surface area contributed by atoms with E-state index in [1.54, 1.807) is 0 Å². The summed E-state index contributed by atoms with van der Waals surface area (Å²) in [6.07, 6.45) is 0. The van der Waals surface area contributed by atoms with Crippen LogP contribution < -0.4 is 25.6 Å². The van der Waals surface area contributed by atoms with Crippen molar-refractivity contribution < 1.29 is 0 Å². The second kappa shape index (κ2) is 12.4. The van der Waals surface area contributed by atoms with E-state index in [4.69, 9.17) is 0 Å². The highest BCUT2D eigenvalue weighted by molar-refractivity contribution is 7.19. The van der Waals surface area contributed by atoms with Gasteiger partial charge in [-0.15, -0.1) is 0 Å². The minimum absolute atomic E-state index is 1.13. The molecule has 0 aliphatic heterocycles. The Kier molecular flexibility index (Phi) is 7.74. The first kappa shape index (κ1) is 27.4. The fourth-order valence-corrected chi connectivity index (χ4v) is 11.1. The maximum absolute atomic E-state index is 2.53. The predicted molar refractivity (Wildman–Crippen MR) is 190 cm³/mol. The van der Waals surface area contributed by atoms with Gasteiger partial charge in [0.25, 0.3) is 0 Å². The Morgan fingerprint density at radius 3 is 0.886 bits per heavy atom. The smallest absolute Gasteiger partial charge is 0.179 e. The number of benzene rings is 7. The molecule has 0 spiro atoms. The molecule has 0 atom stereocenters. The lowest BCUT2D eigenvalue weighted by Crippen LogP contribution is -2.74. The van der Waals surface area contributed by atoms with Crippen molar-refractivity contribution in [3.63, 3.8) is 0 Å². The molecule has 0 fully saturated rings. The molecular weight excluding hydrogens is 547 g/mol. The molecule has 0 radical (unpaired) electrons. The van der Waals surface area contributed by atoms with Gasteiger partial charge in [0, 0.05) is 17.1 Å². The quantitative estimate of drug-likeness (QED) is 0.130. The number of para-hydroxylation sites is 2. The van der Waals surface area contributed by atoms with Gasteiger partial charge in [-0.3, -0.25) is 0 Å². The minimum atomic E-state index is -2.53. The van der Waals surface area contributed by atoms with Gasteiger partial charge in [-0.1, -0.05) is 164 Å². The normalized spacial score (nSPS) is 11.2. The highest BCUT2D eigenvalue weighted by Crippen LogP contribution is 2.35. The van der Waals surface area contributed by atoms with Crippen molar-refractivity contribution in [2.24, 2.45) is 0 Å². The third-order valence-corrected chi connectivity index (χ3v) is 13.2. The van der Waals surface area contributed by atoms with E-state index in [1.165, 1.54) is 31.9 Å². The number of hydrogen-bond donors (Lipinski definition) is 0. The minimum Gasteiger partial charge on any atom is -0.311 e. The molecule has 0 aliphatic carbocycles. The molecule has 0 amide bonds. The maximum Gasteiger partial charge on any atom is 0.179 e. The van der Waals surface area contributed by atoms with Crippen LogP contribution in [-0.4, -0.2) is 8.07 Å². The molecule has 0 N–H and O–H groups in total. The van der Waals surface area contributed by atoms with Crippen molar-refractivity contribution in [3.8, 4) is 11.1 Å². The monoisotopic (exact) mass is 579 g/mol. The topological polar surface area (TPSA) is 3.24 Å². The van der Waals surface area contributed by atoms with Gasteiger partial charge < -0.3 is 4.90 Å². The van der Waals surface area contributed by atoms with Gasteiger partial charge in [0.15, 0.2) is 8.07 Å². The lowest BCUT2D eigenvalue weighted by Gasteiger charge is -2.34. The molecule has 7 rings (SSSR count). The summed E-state index contributed by atoms with van der Waals surface area (Å²) in [5.74, 6) is 0. The zero-order chi connectivity index (χ0) is 29.6.